The van der Waals surface area contributed by atoms with E-state index in [0.29, 0.717) is 6.54 Å². The number of hydrogen-bond donors (Lipinski definition) is 1. The second kappa shape index (κ2) is 6.07. The molecule has 0 aliphatic carbocycles. The first-order valence-corrected chi connectivity index (χ1v) is 7.72. The van der Waals surface area contributed by atoms with Crippen molar-refractivity contribution in [3.63, 3.8) is 0 Å². The molecule has 0 aliphatic heterocycles. The molecule has 0 saturated carbocycles. The van der Waals surface area contributed by atoms with Crippen molar-refractivity contribution in [3.05, 3.63) is 69.1 Å². The predicted octanol–water partition coefficient (Wildman–Crippen LogP) is 3.22. The Labute approximate surface area is 132 Å². The highest BCUT2D eigenvalue weighted by atomic mass is 32.1. The molecular weight excluding hydrogens is 296 g/mol. The van der Waals surface area contributed by atoms with E-state index in [9.17, 15) is 4.79 Å². The Morgan fingerprint density at radius 2 is 1.77 bits per heavy atom. The van der Waals surface area contributed by atoms with Crippen molar-refractivity contribution in [2.75, 3.05) is 12.8 Å². The second-order valence-electron chi connectivity index (χ2n) is 4.94. The van der Waals surface area contributed by atoms with Crippen LogP contribution in [0.4, 0.5) is 5.69 Å². The molecule has 4 nitrogen and oxygen atoms in total. The summed E-state index contributed by atoms with van der Waals surface area (Å²) in [6, 6.07) is 15.3. The highest BCUT2D eigenvalue weighted by Gasteiger charge is 2.09. The van der Waals surface area contributed by atoms with Gasteiger partial charge >= 0.3 is 4.87 Å². The highest BCUT2D eigenvalue weighted by molar-refractivity contribution is 7.07. The van der Waals surface area contributed by atoms with Gasteiger partial charge in [0.05, 0.1) is 19.3 Å². The van der Waals surface area contributed by atoms with Crippen LogP contribution in [0.15, 0.2) is 58.7 Å². The van der Waals surface area contributed by atoms with Gasteiger partial charge in [-0.05, 0) is 47.5 Å². The number of nitrogens with two attached hydrogens (primary N) is 1. The molecule has 3 rings (SSSR count). The summed E-state index contributed by atoms with van der Waals surface area (Å²) in [5.74, 6) is 0.798. The van der Waals surface area contributed by atoms with E-state index in [1.165, 1.54) is 11.3 Å². The van der Waals surface area contributed by atoms with E-state index in [2.05, 4.69) is 0 Å². The fraction of sp³-hybridized carbons (Fsp3) is 0.118. The third-order valence-corrected chi connectivity index (χ3v) is 4.25. The summed E-state index contributed by atoms with van der Waals surface area (Å²) in [4.78, 5) is 12.2. The van der Waals surface area contributed by atoms with Gasteiger partial charge in [0.15, 0.2) is 0 Å². The monoisotopic (exact) mass is 312 g/mol. The Balaban J connectivity index is 1.96. The Morgan fingerprint density at radius 3 is 2.41 bits per heavy atom. The number of anilines is 1. The van der Waals surface area contributed by atoms with E-state index < -0.39 is 0 Å². The normalized spacial score (nSPS) is 10.6. The Kier molecular flexibility index (Phi) is 3.98. The van der Waals surface area contributed by atoms with Crippen LogP contribution in [0.2, 0.25) is 0 Å². The third kappa shape index (κ3) is 2.89. The first kappa shape index (κ1) is 14.4. The van der Waals surface area contributed by atoms with E-state index in [4.69, 9.17) is 10.5 Å². The van der Waals surface area contributed by atoms with Crippen molar-refractivity contribution in [2.24, 2.45) is 0 Å². The largest absolute Gasteiger partial charge is 0.497 e. The fourth-order valence-corrected chi connectivity index (χ4v) is 3.04. The van der Waals surface area contributed by atoms with Crippen LogP contribution < -0.4 is 15.3 Å². The van der Waals surface area contributed by atoms with Gasteiger partial charge in [-0.2, -0.15) is 0 Å². The number of aromatic nitrogens is 1. The molecule has 0 aliphatic rings. The van der Waals surface area contributed by atoms with Gasteiger partial charge in [-0.15, -0.1) is 0 Å². The topological polar surface area (TPSA) is 57.2 Å². The first-order chi connectivity index (χ1) is 10.7. The molecule has 1 aromatic heterocycles. The minimum absolute atomic E-state index is 0.0302. The second-order valence-corrected chi connectivity index (χ2v) is 5.76. The van der Waals surface area contributed by atoms with Crippen molar-refractivity contribution >= 4 is 17.0 Å². The zero-order chi connectivity index (χ0) is 15.5. The fourth-order valence-electron chi connectivity index (χ4n) is 2.27. The number of nitrogens with zero attached hydrogens (tertiary/aromatic N) is 1. The molecule has 0 atom stereocenters. The van der Waals surface area contributed by atoms with Gasteiger partial charge < -0.3 is 10.5 Å². The van der Waals surface area contributed by atoms with Gasteiger partial charge in [0, 0.05) is 11.1 Å². The lowest BCUT2D eigenvalue weighted by Gasteiger charge is -2.09. The molecule has 1 heterocycles. The molecule has 3 aromatic rings. The van der Waals surface area contributed by atoms with Crippen LogP contribution in [0.25, 0.3) is 11.3 Å². The SMILES string of the molecule is COc1ccc(-c2csc(=O)n2Cc2ccc(N)cc2)cc1. The Morgan fingerprint density at radius 1 is 1.09 bits per heavy atom. The summed E-state index contributed by atoms with van der Waals surface area (Å²) >= 11 is 1.21. The molecule has 0 bridgehead atoms. The lowest BCUT2D eigenvalue weighted by molar-refractivity contribution is 0.415. The van der Waals surface area contributed by atoms with Crippen molar-refractivity contribution in [2.45, 2.75) is 6.54 Å². The maximum absolute atomic E-state index is 12.1. The smallest absolute Gasteiger partial charge is 0.307 e. The molecule has 0 saturated heterocycles. The summed E-state index contributed by atoms with van der Waals surface area (Å²) in [7, 11) is 1.64. The minimum Gasteiger partial charge on any atom is -0.497 e. The standard InChI is InChI=1S/C17H16N2O2S/c1-21-15-8-4-13(5-9-15)16-11-22-17(20)19(16)10-12-2-6-14(18)7-3-12/h2-9,11H,10,18H2,1H3. The van der Waals surface area contributed by atoms with Crippen LogP contribution in [0.5, 0.6) is 5.75 Å². The van der Waals surface area contributed by atoms with E-state index in [0.717, 1.165) is 28.3 Å². The van der Waals surface area contributed by atoms with Gasteiger partial charge in [0.2, 0.25) is 0 Å². The average molecular weight is 312 g/mol. The molecule has 112 valence electrons. The van der Waals surface area contributed by atoms with E-state index >= 15 is 0 Å². The maximum Gasteiger partial charge on any atom is 0.307 e. The number of hydrogen-bond acceptors (Lipinski definition) is 4. The third-order valence-electron chi connectivity index (χ3n) is 3.49. The van der Waals surface area contributed by atoms with E-state index in [1.807, 2.05) is 53.9 Å². The van der Waals surface area contributed by atoms with E-state index in [1.54, 1.807) is 11.7 Å². The summed E-state index contributed by atoms with van der Waals surface area (Å²) in [5, 5.41) is 1.89. The molecule has 0 unspecified atom stereocenters. The maximum atomic E-state index is 12.1. The highest BCUT2D eigenvalue weighted by Crippen LogP contribution is 2.23. The van der Waals surface area contributed by atoms with Crippen LogP contribution >= 0.6 is 11.3 Å². The zero-order valence-electron chi connectivity index (χ0n) is 12.2. The quantitative estimate of drug-likeness (QED) is 0.753. The van der Waals surface area contributed by atoms with Crippen LogP contribution in [-0.4, -0.2) is 11.7 Å². The Bertz CT molecular complexity index is 817. The number of ether oxygens (including phenoxy) is 1. The molecule has 22 heavy (non-hydrogen) atoms. The summed E-state index contributed by atoms with van der Waals surface area (Å²) in [6.45, 7) is 0.532. The van der Waals surface area contributed by atoms with Crippen LogP contribution in [0, 0.1) is 0 Å². The number of benzene rings is 2. The van der Waals surface area contributed by atoms with Crippen molar-refractivity contribution in [1.29, 1.82) is 0 Å². The van der Waals surface area contributed by atoms with Crippen LogP contribution in [0.3, 0.4) is 0 Å². The van der Waals surface area contributed by atoms with Gasteiger partial charge in [0.25, 0.3) is 0 Å². The van der Waals surface area contributed by atoms with Crippen molar-refractivity contribution in [1.82, 2.24) is 4.57 Å². The average Bonchev–Trinajstić information content (AvgIpc) is 2.91. The Hall–Kier alpha value is -2.53. The summed E-state index contributed by atoms with van der Waals surface area (Å²) in [5.41, 5.74) is 9.37. The van der Waals surface area contributed by atoms with Crippen molar-refractivity contribution in [3.8, 4) is 17.0 Å². The summed E-state index contributed by atoms with van der Waals surface area (Å²) < 4.78 is 6.95. The molecule has 0 fully saturated rings. The molecule has 0 radical (unpaired) electrons. The number of rotatable bonds is 4. The van der Waals surface area contributed by atoms with Gasteiger partial charge in [0.1, 0.15) is 5.75 Å². The van der Waals surface area contributed by atoms with Crippen LogP contribution in [-0.2, 0) is 6.54 Å². The van der Waals surface area contributed by atoms with E-state index in [-0.39, 0.29) is 4.87 Å². The van der Waals surface area contributed by atoms with Gasteiger partial charge in [-0.3, -0.25) is 9.36 Å². The molecule has 2 aromatic carbocycles. The lowest BCUT2D eigenvalue weighted by Crippen LogP contribution is -2.15. The lowest BCUT2D eigenvalue weighted by atomic mass is 10.1. The first-order valence-electron chi connectivity index (χ1n) is 6.84. The number of thiazole rings is 1. The summed E-state index contributed by atoms with van der Waals surface area (Å²) in [6.07, 6.45) is 0. The molecule has 2 N–H and O–H groups in total. The zero-order valence-corrected chi connectivity index (χ0v) is 13.0. The van der Waals surface area contributed by atoms with Gasteiger partial charge in [-0.1, -0.05) is 23.5 Å². The molecule has 0 spiro atoms. The van der Waals surface area contributed by atoms with Gasteiger partial charge in [-0.25, -0.2) is 0 Å². The molecular formula is C17H16N2O2S. The predicted molar refractivity (Wildman–Crippen MR) is 90.5 cm³/mol. The molecule has 5 heteroatoms. The number of methoxy groups -OCH3 is 1. The minimum atomic E-state index is 0.0302. The van der Waals surface area contributed by atoms with Crippen molar-refractivity contribution < 1.29 is 4.74 Å². The number of nitrogen functional groups attached to an aromatic ring is 1. The molecule has 0 amide bonds. The van der Waals surface area contributed by atoms with Crippen LogP contribution in [0.1, 0.15) is 5.56 Å².